The van der Waals surface area contributed by atoms with Crippen molar-refractivity contribution in [3.05, 3.63) is 52.1 Å². The summed E-state index contributed by atoms with van der Waals surface area (Å²) in [5, 5.41) is 7.09. The van der Waals surface area contributed by atoms with E-state index in [-0.39, 0.29) is 36.6 Å². The zero-order valence-electron chi connectivity index (χ0n) is 15.0. The number of rotatable bonds is 6. The second kappa shape index (κ2) is 12.3. The van der Waals surface area contributed by atoms with Crippen molar-refractivity contribution in [2.45, 2.75) is 0 Å². The molecule has 0 radical (unpaired) electrons. The number of amides is 1. The first kappa shape index (κ1) is 24.8. The molecule has 154 valence electrons. The molecular formula is C18H22Cl4N4O2. The number of hydrogen-bond donors (Lipinski definition) is 2. The number of carbonyl (C=O) groups is 1. The predicted molar refractivity (Wildman–Crippen MR) is 117 cm³/mol. The third-order valence-corrected chi connectivity index (χ3v) is 4.57. The largest absolute Gasteiger partial charge is 0.437 e. The van der Waals surface area contributed by atoms with Crippen molar-refractivity contribution in [2.75, 3.05) is 39.3 Å². The molecule has 1 amide bonds. The molecule has 1 aromatic carbocycles. The topological polar surface area (TPSA) is 66.5 Å². The van der Waals surface area contributed by atoms with Crippen LogP contribution < -0.4 is 15.4 Å². The van der Waals surface area contributed by atoms with Gasteiger partial charge in [-0.2, -0.15) is 0 Å². The number of nitrogens with zero attached hydrogens (tertiary/aromatic N) is 2. The van der Waals surface area contributed by atoms with Crippen LogP contribution in [0.15, 0.2) is 36.5 Å². The van der Waals surface area contributed by atoms with E-state index < -0.39 is 0 Å². The fourth-order valence-electron chi connectivity index (χ4n) is 2.66. The van der Waals surface area contributed by atoms with Crippen LogP contribution >= 0.6 is 48.0 Å². The number of piperazine rings is 1. The van der Waals surface area contributed by atoms with Crippen molar-refractivity contribution in [1.82, 2.24) is 20.5 Å². The summed E-state index contributed by atoms with van der Waals surface area (Å²) in [5.74, 6) is 0.370. The normalized spacial score (nSPS) is 13.8. The second-order valence-electron chi connectivity index (χ2n) is 5.88. The third kappa shape index (κ3) is 6.95. The van der Waals surface area contributed by atoms with E-state index in [0.717, 1.165) is 32.7 Å². The Morgan fingerprint density at radius 3 is 2.68 bits per heavy atom. The Morgan fingerprint density at radius 1 is 1.21 bits per heavy atom. The highest BCUT2D eigenvalue weighted by Gasteiger charge is 2.16. The van der Waals surface area contributed by atoms with Gasteiger partial charge in [0.15, 0.2) is 0 Å². The number of ether oxygens (including phenoxy) is 1. The van der Waals surface area contributed by atoms with E-state index in [4.69, 9.17) is 27.9 Å². The number of benzene rings is 1. The number of hydrogen-bond acceptors (Lipinski definition) is 5. The van der Waals surface area contributed by atoms with Crippen molar-refractivity contribution in [3.63, 3.8) is 0 Å². The molecule has 3 rings (SSSR count). The standard InChI is InChI=1S/C18H20Cl2N4O2.2ClH/c19-13-3-4-16(15(20)12-13)26-18-14(2-1-5-23-18)17(25)22-8-11-24-9-6-21-7-10-24;;/h1-5,12,21H,6-11H2,(H,22,25);2*1H. The van der Waals surface area contributed by atoms with Crippen molar-refractivity contribution in [3.8, 4) is 11.6 Å². The zero-order chi connectivity index (χ0) is 18.4. The van der Waals surface area contributed by atoms with Gasteiger partial charge < -0.3 is 15.4 Å². The van der Waals surface area contributed by atoms with Crippen LogP contribution in [0.5, 0.6) is 11.6 Å². The van der Waals surface area contributed by atoms with Crippen LogP contribution in [-0.2, 0) is 0 Å². The number of pyridine rings is 1. The van der Waals surface area contributed by atoms with Crippen LogP contribution in [0.2, 0.25) is 10.0 Å². The van der Waals surface area contributed by atoms with Crippen LogP contribution in [0, 0.1) is 0 Å². The van der Waals surface area contributed by atoms with Gasteiger partial charge >= 0.3 is 0 Å². The van der Waals surface area contributed by atoms with Crippen molar-refractivity contribution < 1.29 is 9.53 Å². The molecule has 1 aliphatic rings. The number of carbonyl (C=O) groups excluding carboxylic acids is 1. The number of nitrogens with one attached hydrogen (secondary N) is 2. The molecule has 0 saturated carbocycles. The predicted octanol–water partition coefficient (Wildman–Crippen LogP) is 3.66. The monoisotopic (exact) mass is 466 g/mol. The first-order valence-corrected chi connectivity index (χ1v) is 9.18. The van der Waals surface area contributed by atoms with Crippen LogP contribution in [0.4, 0.5) is 0 Å². The minimum atomic E-state index is -0.228. The number of aromatic nitrogens is 1. The molecule has 0 bridgehead atoms. The van der Waals surface area contributed by atoms with Crippen LogP contribution in [0.1, 0.15) is 10.4 Å². The van der Waals surface area contributed by atoms with Crippen LogP contribution in [0.3, 0.4) is 0 Å². The van der Waals surface area contributed by atoms with E-state index in [1.54, 1.807) is 36.5 Å². The van der Waals surface area contributed by atoms with Gasteiger partial charge in [-0.15, -0.1) is 24.8 Å². The summed E-state index contributed by atoms with van der Waals surface area (Å²) in [6.45, 7) is 5.33. The first-order valence-electron chi connectivity index (χ1n) is 8.42. The smallest absolute Gasteiger partial charge is 0.256 e. The molecule has 6 nitrogen and oxygen atoms in total. The average molecular weight is 468 g/mol. The van der Waals surface area contributed by atoms with E-state index in [0.29, 0.717) is 27.9 Å². The summed E-state index contributed by atoms with van der Waals surface area (Å²) in [6.07, 6.45) is 1.57. The minimum absolute atomic E-state index is 0. The van der Waals surface area contributed by atoms with Gasteiger partial charge in [0.1, 0.15) is 11.3 Å². The quantitative estimate of drug-likeness (QED) is 0.678. The Bertz CT molecular complexity index is 773. The molecule has 0 atom stereocenters. The average Bonchev–Trinajstić information content (AvgIpc) is 2.65. The lowest BCUT2D eigenvalue weighted by Gasteiger charge is -2.27. The summed E-state index contributed by atoms with van der Waals surface area (Å²) < 4.78 is 5.73. The summed E-state index contributed by atoms with van der Waals surface area (Å²) in [6, 6.07) is 8.26. The van der Waals surface area contributed by atoms with E-state index in [1.807, 2.05) is 0 Å². The van der Waals surface area contributed by atoms with E-state index in [2.05, 4.69) is 20.5 Å². The molecule has 1 aliphatic heterocycles. The van der Waals surface area contributed by atoms with Gasteiger partial charge in [-0.3, -0.25) is 9.69 Å². The maximum absolute atomic E-state index is 12.5. The molecule has 1 saturated heterocycles. The molecule has 0 spiro atoms. The Kier molecular flexibility index (Phi) is 10.9. The molecule has 0 aliphatic carbocycles. The fraction of sp³-hybridized carbons (Fsp3) is 0.333. The van der Waals surface area contributed by atoms with Gasteiger partial charge in [-0.1, -0.05) is 23.2 Å². The molecule has 0 unspecified atom stereocenters. The number of halogens is 4. The lowest BCUT2D eigenvalue weighted by atomic mass is 10.2. The lowest BCUT2D eigenvalue weighted by molar-refractivity contribution is 0.0944. The molecular weight excluding hydrogens is 446 g/mol. The fourth-order valence-corrected chi connectivity index (χ4v) is 3.11. The van der Waals surface area contributed by atoms with E-state index >= 15 is 0 Å². The minimum Gasteiger partial charge on any atom is -0.437 e. The van der Waals surface area contributed by atoms with E-state index in [9.17, 15) is 4.79 Å². The van der Waals surface area contributed by atoms with Gasteiger partial charge in [0, 0.05) is 50.5 Å². The maximum atomic E-state index is 12.5. The summed E-state index contributed by atoms with van der Waals surface area (Å²) in [4.78, 5) is 19.0. The van der Waals surface area contributed by atoms with Gasteiger partial charge in [-0.05, 0) is 30.3 Å². The van der Waals surface area contributed by atoms with E-state index in [1.165, 1.54) is 0 Å². The molecule has 28 heavy (non-hydrogen) atoms. The Hall–Kier alpha value is -1.28. The van der Waals surface area contributed by atoms with Crippen molar-refractivity contribution in [2.24, 2.45) is 0 Å². The molecule has 1 fully saturated rings. The van der Waals surface area contributed by atoms with Gasteiger partial charge in [0.25, 0.3) is 5.91 Å². The highest BCUT2D eigenvalue weighted by Crippen LogP contribution is 2.31. The second-order valence-corrected chi connectivity index (χ2v) is 6.72. The van der Waals surface area contributed by atoms with Crippen LogP contribution in [0.25, 0.3) is 0 Å². The van der Waals surface area contributed by atoms with Crippen LogP contribution in [-0.4, -0.2) is 55.1 Å². The Morgan fingerprint density at radius 2 is 1.96 bits per heavy atom. The summed E-state index contributed by atoms with van der Waals surface area (Å²) in [7, 11) is 0. The Labute approximate surface area is 186 Å². The van der Waals surface area contributed by atoms with Gasteiger partial charge in [0.05, 0.1) is 5.02 Å². The molecule has 2 N–H and O–H groups in total. The highest BCUT2D eigenvalue weighted by atomic mass is 35.5. The molecule has 1 aromatic heterocycles. The summed E-state index contributed by atoms with van der Waals surface area (Å²) >= 11 is 12.0. The SMILES string of the molecule is Cl.Cl.O=C(NCCN1CCNCC1)c1cccnc1Oc1ccc(Cl)cc1Cl. The zero-order valence-corrected chi connectivity index (χ0v) is 18.1. The Balaban J connectivity index is 0.00000196. The highest BCUT2D eigenvalue weighted by molar-refractivity contribution is 6.35. The lowest BCUT2D eigenvalue weighted by Crippen LogP contribution is -2.46. The first-order chi connectivity index (χ1) is 12.6. The molecule has 10 heteroatoms. The van der Waals surface area contributed by atoms with Crippen molar-refractivity contribution in [1.29, 1.82) is 0 Å². The molecule has 2 aromatic rings. The maximum Gasteiger partial charge on any atom is 0.256 e. The molecule has 2 heterocycles. The van der Waals surface area contributed by atoms with Gasteiger partial charge in [0.2, 0.25) is 5.88 Å². The van der Waals surface area contributed by atoms with Crippen molar-refractivity contribution >= 4 is 53.9 Å². The summed E-state index contributed by atoms with van der Waals surface area (Å²) in [5.41, 5.74) is 0.360. The van der Waals surface area contributed by atoms with Gasteiger partial charge in [-0.25, -0.2) is 4.98 Å². The third-order valence-electron chi connectivity index (χ3n) is 4.04.